The monoisotopic (exact) mass is 347 g/mol. The second-order valence-electron chi connectivity index (χ2n) is 6.63. The van der Waals surface area contributed by atoms with Gasteiger partial charge in [-0.05, 0) is 32.1 Å². The second kappa shape index (κ2) is 11.1. The summed E-state index contributed by atoms with van der Waals surface area (Å²) in [6.07, 6.45) is 0. The average molecular weight is 348 g/mol. The van der Waals surface area contributed by atoms with Crippen LogP contribution in [0.3, 0.4) is 0 Å². The molecule has 0 amide bonds. The fourth-order valence-corrected chi connectivity index (χ4v) is 2.78. The number of guanidine groups is 1. The molecule has 1 aliphatic rings. The molecule has 1 aromatic rings. The summed E-state index contributed by atoms with van der Waals surface area (Å²) >= 11 is 0. The largest absolute Gasteiger partial charge is 0.379 e. The fourth-order valence-electron chi connectivity index (χ4n) is 2.78. The highest BCUT2D eigenvalue weighted by atomic mass is 16.5. The smallest absolute Gasteiger partial charge is 0.191 e. The van der Waals surface area contributed by atoms with Gasteiger partial charge in [0.15, 0.2) is 5.96 Å². The van der Waals surface area contributed by atoms with Crippen molar-refractivity contribution in [2.24, 2.45) is 4.99 Å². The molecule has 0 aliphatic carbocycles. The molecule has 0 aromatic heterocycles. The van der Waals surface area contributed by atoms with E-state index in [1.807, 2.05) is 0 Å². The van der Waals surface area contributed by atoms with Crippen LogP contribution in [0.2, 0.25) is 0 Å². The first kappa shape index (κ1) is 19.7. The van der Waals surface area contributed by atoms with Gasteiger partial charge >= 0.3 is 0 Å². The summed E-state index contributed by atoms with van der Waals surface area (Å²) in [5.41, 5.74) is 2.56. The van der Waals surface area contributed by atoms with Gasteiger partial charge in [0, 0.05) is 39.3 Å². The van der Waals surface area contributed by atoms with E-state index in [1.165, 1.54) is 11.1 Å². The molecule has 1 aliphatic heterocycles. The van der Waals surface area contributed by atoms with E-state index in [0.717, 1.165) is 58.4 Å². The quantitative estimate of drug-likeness (QED) is 0.545. The molecule has 1 fully saturated rings. The van der Waals surface area contributed by atoms with Crippen molar-refractivity contribution in [3.05, 3.63) is 35.4 Å². The number of morpholine rings is 1. The van der Waals surface area contributed by atoms with E-state index < -0.39 is 0 Å². The van der Waals surface area contributed by atoms with E-state index in [4.69, 9.17) is 9.73 Å². The summed E-state index contributed by atoms with van der Waals surface area (Å²) in [5.74, 6) is 0.883. The Morgan fingerprint density at radius 2 is 1.80 bits per heavy atom. The molecule has 0 atom stereocenters. The SMILES string of the molecule is CCNC(=NCc1ccc(CN(C)C)cc1)NCCN1CCOCC1. The van der Waals surface area contributed by atoms with Crippen LogP contribution in [0.1, 0.15) is 18.1 Å². The summed E-state index contributed by atoms with van der Waals surface area (Å²) in [5, 5.41) is 6.74. The lowest BCUT2D eigenvalue weighted by Crippen LogP contribution is -2.44. The van der Waals surface area contributed by atoms with Gasteiger partial charge in [-0.3, -0.25) is 4.90 Å². The summed E-state index contributed by atoms with van der Waals surface area (Å²) < 4.78 is 5.38. The van der Waals surface area contributed by atoms with Crippen LogP contribution < -0.4 is 10.6 Å². The molecule has 0 saturated carbocycles. The number of aliphatic imine (C=N–C) groups is 1. The molecule has 6 nitrogen and oxygen atoms in total. The first-order valence-electron chi connectivity index (χ1n) is 9.22. The highest BCUT2D eigenvalue weighted by molar-refractivity contribution is 5.79. The molecule has 6 heteroatoms. The van der Waals surface area contributed by atoms with Gasteiger partial charge in [-0.15, -0.1) is 0 Å². The van der Waals surface area contributed by atoms with E-state index in [-0.39, 0.29) is 0 Å². The molecule has 2 rings (SSSR count). The minimum Gasteiger partial charge on any atom is -0.379 e. The van der Waals surface area contributed by atoms with Gasteiger partial charge in [-0.2, -0.15) is 0 Å². The maximum atomic E-state index is 5.38. The lowest BCUT2D eigenvalue weighted by molar-refractivity contribution is 0.0389. The number of nitrogens with zero attached hydrogens (tertiary/aromatic N) is 3. The van der Waals surface area contributed by atoms with Crippen molar-refractivity contribution < 1.29 is 4.74 Å². The third-order valence-electron chi connectivity index (χ3n) is 4.11. The Morgan fingerprint density at radius 3 is 2.44 bits per heavy atom. The molecule has 0 unspecified atom stereocenters. The van der Waals surface area contributed by atoms with Crippen molar-refractivity contribution in [1.29, 1.82) is 0 Å². The predicted octanol–water partition coefficient (Wildman–Crippen LogP) is 1.14. The normalized spacial score (nSPS) is 16.2. The number of ether oxygens (including phenoxy) is 1. The minimum absolute atomic E-state index is 0.690. The Kier molecular flexibility index (Phi) is 8.72. The molecule has 25 heavy (non-hydrogen) atoms. The van der Waals surface area contributed by atoms with Gasteiger partial charge in [0.05, 0.1) is 19.8 Å². The highest BCUT2D eigenvalue weighted by Crippen LogP contribution is 2.07. The van der Waals surface area contributed by atoms with Crippen LogP contribution in [0.5, 0.6) is 0 Å². The van der Waals surface area contributed by atoms with E-state index in [0.29, 0.717) is 6.54 Å². The minimum atomic E-state index is 0.690. The zero-order chi connectivity index (χ0) is 17.9. The van der Waals surface area contributed by atoms with Crippen LogP contribution in [-0.4, -0.2) is 75.8 Å². The first-order valence-corrected chi connectivity index (χ1v) is 9.22. The van der Waals surface area contributed by atoms with Crippen molar-refractivity contribution in [2.45, 2.75) is 20.0 Å². The van der Waals surface area contributed by atoms with Crippen LogP contribution in [0.25, 0.3) is 0 Å². The Bertz CT molecular complexity index is 509. The maximum absolute atomic E-state index is 5.38. The third kappa shape index (κ3) is 7.86. The van der Waals surface area contributed by atoms with Crippen molar-refractivity contribution in [2.75, 3.05) is 60.0 Å². The molecule has 1 heterocycles. The van der Waals surface area contributed by atoms with E-state index in [2.05, 4.69) is 65.7 Å². The first-order chi connectivity index (χ1) is 12.2. The van der Waals surface area contributed by atoms with E-state index >= 15 is 0 Å². The molecule has 0 radical (unpaired) electrons. The Balaban J connectivity index is 1.79. The van der Waals surface area contributed by atoms with E-state index in [1.54, 1.807) is 0 Å². The van der Waals surface area contributed by atoms with Crippen molar-refractivity contribution in [1.82, 2.24) is 20.4 Å². The van der Waals surface area contributed by atoms with Gasteiger partial charge in [-0.1, -0.05) is 24.3 Å². The van der Waals surface area contributed by atoms with Crippen LogP contribution in [0.4, 0.5) is 0 Å². The zero-order valence-corrected chi connectivity index (χ0v) is 15.9. The molecule has 1 aromatic carbocycles. The standard InChI is InChI=1S/C19H33N5O/c1-4-20-19(21-9-10-24-11-13-25-14-12-24)22-15-17-5-7-18(8-6-17)16-23(2)3/h5-8H,4,9-16H2,1-3H3,(H2,20,21,22). The van der Waals surface area contributed by atoms with Crippen LogP contribution >= 0.6 is 0 Å². The maximum Gasteiger partial charge on any atom is 0.191 e. The Hall–Kier alpha value is -1.63. The molecule has 0 spiro atoms. The van der Waals surface area contributed by atoms with Crippen LogP contribution in [0.15, 0.2) is 29.3 Å². The average Bonchev–Trinajstić information content (AvgIpc) is 2.61. The van der Waals surface area contributed by atoms with Crippen molar-refractivity contribution in [3.63, 3.8) is 0 Å². The number of nitrogens with one attached hydrogen (secondary N) is 2. The Morgan fingerprint density at radius 1 is 1.12 bits per heavy atom. The second-order valence-corrected chi connectivity index (χ2v) is 6.63. The Labute approximate surface area is 152 Å². The molecular weight excluding hydrogens is 314 g/mol. The third-order valence-corrected chi connectivity index (χ3v) is 4.11. The highest BCUT2D eigenvalue weighted by Gasteiger charge is 2.09. The van der Waals surface area contributed by atoms with Crippen LogP contribution in [-0.2, 0) is 17.8 Å². The lowest BCUT2D eigenvalue weighted by Gasteiger charge is -2.26. The van der Waals surface area contributed by atoms with Gasteiger partial charge in [0.25, 0.3) is 0 Å². The van der Waals surface area contributed by atoms with Crippen LogP contribution in [0, 0.1) is 0 Å². The number of hydrogen-bond acceptors (Lipinski definition) is 4. The van der Waals surface area contributed by atoms with Gasteiger partial charge in [0.1, 0.15) is 0 Å². The van der Waals surface area contributed by atoms with Gasteiger partial charge in [-0.25, -0.2) is 4.99 Å². The summed E-state index contributed by atoms with van der Waals surface area (Å²) in [6.45, 7) is 10.3. The molecule has 2 N–H and O–H groups in total. The predicted molar refractivity (Wildman–Crippen MR) is 104 cm³/mol. The number of rotatable bonds is 8. The topological polar surface area (TPSA) is 52.1 Å². The molecular formula is C19H33N5O. The number of benzene rings is 1. The van der Waals surface area contributed by atoms with Gasteiger partial charge < -0.3 is 20.3 Å². The number of hydrogen-bond donors (Lipinski definition) is 2. The van der Waals surface area contributed by atoms with Crippen molar-refractivity contribution >= 4 is 5.96 Å². The molecule has 1 saturated heterocycles. The molecule has 140 valence electrons. The summed E-state index contributed by atoms with van der Waals surface area (Å²) in [7, 11) is 4.17. The van der Waals surface area contributed by atoms with Gasteiger partial charge in [0.2, 0.25) is 0 Å². The zero-order valence-electron chi connectivity index (χ0n) is 15.9. The van der Waals surface area contributed by atoms with E-state index in [9.17, 15) is 0 Å². The lowest BCUT2D eigenvalue weighted by atomic mass is 10.1. The molecule has 0 bridgehead atoms. The summed E-state index contributed by atoms with van der Waals surface area (Å²) in [6, 6.07) is 8.70. The fraction of sp³-hybridized carbons (Fsp3) is 0.632. The van der Waals surface area contributed by atoms with Crippen molar-refractivity contribution in [3.8, 4) is 0 Å². The summed E-state index contributed by atoms with van der Waals surface area (Å²) in [4.78, 5) is 9.29.